The van der Waals surface area contributed by atoms with Crippen molar-refractivity contribution in [3.05, 3.63) is 162 Å². The van der Waals surface area contributed by atoms with Gasteiger partial charge in [0.25, 0.3) is 0 Å². The standard InChI is InChI=1S/C21H22F6N16O42/c22-14(32(52)53,33(54)55)5-80-20(81-6-15(23,34(56)57)35(58)59,82-7-16(24,36(60)61)37(62)63)78-3-12(28(44)45,29(46)47)1-76-11-77-2-13(30(48)49,31(50)51)4-79-21(83-8-17(25,38(64)65)39(66)67,84-9-18(26,40(68)69)41(70)71)85-10-19(27,42(72)73)43(74)75/h1-11H2. The summed E-state index contributed by atoms with van der Waals surface area (Å²) in [7, 11) is 0. The molecule has 0 aliphatic rings. The highest BCUT2D eigenvalue weighted by Crippen LogP contribution is 2.33. The van der Waals surface area contributed by atoms with E-state index in [0.717, 1.165) is 0 Å². The van der Waals surface area contributed by atoms with Gasteiger partial charge in [0.2, 0.25) is 39.6 Å². The highest BCUT2D eigenvalue weighted by Gasteiger charge is 2.70. The van der Waals surface area contributed by atoms with Gasteiger partial charge in [0, 0.05) is 0 Å². The minimum Gasteiger partial charge on any atom is -0.340 e. The Bertz CT molecular complexity index is 2210. The first kappa shape index (κ1) is 74.6. The molecule has 0 aromatic carbocycles. The zero-order valence-electron chi connectivity index (χ0n) is 39.3. The van der Waals surface area contributed by atoms with E-state index in [-0.39, 0.29) is 0 Å². The van der Waals surface area contributed by atoms with Crippen LogP contribution in [0.1, 0.15) is 0 Å². The van der Waals surface area contributed by atoms with Crippen molar-refractivity contribution in [1.82, 2.24) is 0 Å². The van der Waals surface area contributed by atoms with Gasteiger partial charge in [-0.15, -0.1) is 0 Å². The van der Waals surface area contributed by atoms with Crippen LogP contribution in [-0.2, 0) is 47.4 Å². The number of halogens is 6. The molecule has 0 rings (SSSR count). The van der Waals surface area contributed by atoms with Crippen molar-refractivity contribution in [1.29, 1.82) is 0 Å². The molecule has 0 aliphatic heterocycles. The third-order valence-corrected chi connectivity index (χ3v) is 9.11. The largest absolute Gasteiger partial charge is 0.638 e. The van der Waals surface area contributed by atoms with E-state index in [9.17, 15) is 188 Å². The maximum atomic E-state index is 14.9. The third-order valence-electron chi connectivity index (χ3n) is 9.11. The normalized spacial score (nSPS) is 13.0. The quantitative estimate of drug-likeness (QED) is 0.0140. The molecule has 0 N–H and O–H groups in total. The first-order chi connectivity index (χ1) is 38.5. The van der Waals surface area contributed by atoms with Crippen LogP contribution in [0.3, 0.4) is 0 Å². The molecule has 0 radical (unpaired) electrons. The smallest absolute Gasteiger partial charge is 0.340 e. The molecule has 0 bridgehead atoms. The summed E-state index contributed by atoms with van der Waals surface area (Å²) in [5, 5.41) is 183. The summed E-state index contributed by atoms with van der Waals surface area (Å²) in [5.41, 5.74) is -9.56. The molecule has 58 nitrogen and oxygen atoms in total. The van der Waals surface area contributed by atoms with Crippen LogP contribution in [0.25, 0.3) is 0 Å². The van der Waals surface area contributed by atoms with Crippen molar-refractivity contribution < 1.29 is 152 Å². The highest BCUT2D eigenvalue weighted by atomic mass is 19.2. The molecule has 85 heavy (non-hydrogen) atoms. The molecule has 0 spiro atoms. The van der Waals surface area contributed by atoms with Crippen LogP contribution in [0.15, 0.2) is 0 Å². The Labute approximate surface area is 447 Å². The Kier molecular flexibility index (Phi) is 24.2. The van der Waals surface area contributed by atoms with Crippen LogP contribution >= 0.6 is 0 Å². The lowest BCUT2D eigenvalue weighted by Gasteiger charge is -2.32. The van der Waals surface area contributed by atoms with Gasteiger partial charge in [-0.3, -0.25) is 200 Å². The van der Waals surface area contributed by atoms with Crippen LogP contribution in [0.4, 0.5) is 26.3 Å². The lowest BCUT2D eigenvalue weighted by molar-refractivity contribution is -0.846. The second kappa shape index (κ2) is 27.6. The monoisotopic (exact) mass is 1280 g/mol. The molecule has 64 heteroatoms. The number of ether oxygens (including phenoxy) is 10. The summed E-state index contributed by atoms with van der Waals surface area (Å²) in [6.45, 7) is -33.3. The summed E-state index contributed by atoms with van der Waals surface area (Å²) in [5.74, 6) is -33.1. The number of hydrogen-bond donors (Lipinski definition) is 0. The molecule has 0 aromatic rings. The minimum atomic E-state index is -5.52. The van der Waals surface area contributed by atoms with Gasteiger partial charge in [0.15, 0.2) is 26.4 Å². The van der Waals surface area contributed by atoms with Crippen molar-refractivity contribution >= 4 is 0 Å². The molecule has 0 aliphatic carbocycles. The molecular formula is C21H22F6N16O42. The molecule has 0 unspecified atom stereocenters. The summed E-state index contributed by atoms with van der Waals surface area (Å²) < 4.78 is 130. The zero-order valence-corrected chi connectivity index (χ0v) is 39.3. The van der Waals surface area contributed by atoms with Crippen LogP contribution in [0.2, 0.25) is 0 Å². The van der Waals surface area contributed by atoms with E-state index in [1.807, 2.05) is 0 Å². The van der Waals surface area contributed by atoms with E-state index < -0.39 is 211 Å². The van der Waals surface area contributed by atoms with Gasteiger partial charge in [-0.05, 0) is 0 Å². The first-order valence-corrected chi connectivity index (χ1v) is 19.2. The van der Waals surface area contributed by atoms with Crippen molar-refractivity contribution in [3.63, 3.8) is 0 Å². The Balaban J connectivity index is 7.97. The molecule has 0 saturated carbocycles. The highest BCUT2D eigenvalue weighted by molar-refractivity contribution is 4.71. The molecule has 0 saturated heterocycles. The number of nitrogens with zero attached hydrogens (tertiary/aromatic N) is 16. The summed E-state index contributed by atoms with van der Waals surface area (Å²) in [6.07, 6.45) is -10.7. The van der Waals surface area contributed by atoms with Gasteiger partial charge in [-0.2, -0.15) is 0 Å². The topological polar surface area (TPSA) is 783 Å². The Hall–Kier alpha value is -10.4. The van der Waals surface area contributed by atoms with E-state index in [0.29, 0.717) is 0 Å². The third kappa shape index (κ3) is 16.4. The fraction of sp³-hybridized carbons (Fsp3) is 1.00. The Morgan fingerprint density at radius 1 is 0.212 bits per heavy atom. The van der Waals surface area contributed by atoms with Crippen LogP contribution < -0.4 is 0 Å². The predicted octanol–water partition coefficient (Wildman–Crippen LogP) is -4.11. The molecule has 480 valence electrons. The first-order valence-electron chi connectivity index (χ1n) is 19.2. The Morgan fingerprint density at radius 3 is 0.459 bits per heavy atom. The number of rotatable bonds is 46. The summed E-state index contributed by atoms with van der Waals surface area (Å²) >= 11 is 0. The molecule has 0 atom stereocenters. The summed E-state index contributed by atoms with van der Waals surface area (Å²) in [4.78, 5) is 142. The van der Waals surface area contributed by atoms with Gasteiger partial charge in [-0.1, -0.05) is 26.3 Å². The van der Waals surface area contributed by atoms with E-state index in [1.54, 1.807) is 0 Å². The SMILES string of the molecule is O=[N+]([O-])C(F)(COC(OCC(F)([N+](=O)[O-])[N+](=O)[O-])(OCC(F)([N+](=O)[O-])[N+](=O)[O-])OCC(COCOCC(COC(OCC(F)([N+](=O)[O-])[N+](=O)[O-])(OCC(F)([N+](=O)[O-])[N+](=O)[O-])OCC(F)([N+](=O)[O-])[N+](=O)[O-])([N+](=O)[O-])[N+](=O)[O-])([N+](=O)[O-])[N+](=O)[O-])[N+](=O)[O-]. The lowest BCUT2D eigenvalue weighted by Crippen LogP contribution is -2.60. The zero-order chi connectivity index (χ0) is 67.1. The number of alkyl halides is 6. The summed E-state index contributed by atoms with van der Waals surface area (Å²) in [6, 6.07) is 0. The predicted molar refractivity (Wildman–Crippen MR) is 210 cm³/mol. The average Bonchev–Trinajstić information content (AvgIpc) is 3.10. The van der Waals surface area contributed by atoms with Crippen LogP contribution in [0, 0.1) is 162 Å². The van der Waals surface area contributed by atoms with Gasteiger partial charge >= 0.3 is 59.1 Å². The number of nitro groups is 16. The van der Waals surface area contributed by atoms with Gasteiger partial charge in [0.1, 0.15) is 85.6 Å². The number of hydrogen-bond acceptors (Lipinski definition) is 42. The Morgan fingerprint density at radius 2 is 0.341 bits per heavy atom. The van der Waals surface area contributed by atoms with E-state index >= 15 is 0 Å². The fourth-order valence-corrected chi connectivity index (χ4v) is 4.13. The van der Waals surface area contributed by atoms with Crippen molar-refractivity contribution in [2.45, 2.75) is 59.1 Å². The minimum absolute atomic E-state index is 2.33. The molecular weight excluding hydrogens is 1260 g/mol. The second-order valence-corrected chi connectivity index (χ2v) is 14.5. The van der Waals surface area contributed by atoms with Crippen LogP contribution in [0.5, 0.6) is 0 Å². The average molecular weight is 1280 g/mol. The molecule has 0 heterocycles. The van der Waals surface area contributed by atoms with Gasteiger partial charge in [0.05, 0.1) is 0 Å². The molecule has 0 aromatic heterocycles. The van der Waals surface area contributed by atoms with E-state index in [4.69, 9.17) is 0 Å². The van der Waals surface area contributed by atoms with Crippen molar-refractivity contribution in [2.24, 2.45) is 0 Å². The van der Waals surface area contributed by atoms with Crippen LogP contribution in [-0.4, -0.2) is 211 Å². The molecule has 0 fully saturated rings. The van der Waals surface area contributed by atoms with Crippen molar-refractivity contribution in [2.75, 3.05) is 72.9 Å². The van der Waals surface area contributed by atoms with E-state index in [1.165, 1.54) is 0 Å². The van der Waals surface area contributed by atoms with Crippen molar-refractivity contribution in [3.8, 4) is 0 Å². The van der Waals surface area contributed by atoms with E-state index in [2.05, 4.69) is 47.4 Å². The fourth-order valence-electron chi connectivity index (χ4n) is 4.13. The maximum Gasteiger partial charge on any atom is 0.638 e. The van der Waals surface area contributed by atoms with Gasteiger partial charge < -0.3 is 9.47 Å². The molecule has 0 amide bonds. The lowest BCUT2D eigenvalue weighted by atomic mass is 10.2. The van der Waals surface area contributed by atoms with Gasteiger partial charge in [-0.25, -0.2) is 0 Å². The second-order valence-electron chi connectivity index (χ2n) is 14.5. The maximum absolute atomic E-state index is 14.9.